The lowest BCUT2D eigenvalue weighted by Crippen LogP contribution is -2.39. The summed E-state index contributed by atoms with van der Waals surface area (Å²) in [7, 11) is 1.35. The second-order valence-electron chi connectivity index (χ2n) is 4.64. The molecule has 5 heteroatoms. The Hall–Kier alpha value is -1.10. The minimum Gasteiger partial charge on any atom is -0.468 e. The van der Waals surface area contributed by atoms with Crippen molar-refractivity contribution in [3.8, 4) is 0 Å². The molecule has 1 aromatic carbocycles. The third-order valence-corrected chi connectivity index (χ3v) is 3.31. The van der Waals surface area contributed by atoms with Crippen molar-refractivity contribution in [3.05, 3.63) is 34.9 Å². The average Bonchev–Trinajstić information content (AvgIpc) is 2.37. The van der Waals surface area contributed by atoms with Crippen molar-refractivity contribution in [1.29, 1.82) is 0 Å². The van der Waals surface area contributed by atoms with Crippen LogP contribution in [0.15, 0.2) is 24.3 Å². The number of carbonyl (C=O) groups is 1. The van der Waals surface area contributed by atoms with Crippen molar-refractivity contribution in [1.82, 2.24) is 4.90 Å². The van der Waals surface area contributed by atoms with Crippen LogP contribution in [0.5, 0.6) is 0 Å². The Bertz CT molecular complexity index is 423. The highest BCUT2D eigenvalue weighted by atomic mass is 35.5. The molecule has 19 heavy (non-hydrogen) atoms. The molecule has 0 spiro atoms. The van der Waals surface area contributed by atoms with Crippen LogP contribution >= 0.6 is 11.6 Å². The first kappa shape index (κ1) is 16.0. The van der Waals surface area contributed by atoms with Gasteiger partial charge in [-0.2, -0.15) is 0 Å². The summed E-state index contributed by atoms with van der Waals surface area (Å²) in [5.74, 6) is -0.319. The predicted molar refractivity (Wildman–Crippen MR) is 75.1 cm³/mol. The molecule has 0 saturated carbocycles. The average molecular weight is 286 g/mol. The lowest BCUT2D eigenvalue weighted by atomic mass is 10.1. The summed E-state index contributed by atoms with van der Waals surface area (Å²) in [5, 5.41) is 10.8. The summed E-state index contributed by atoms with van der Waals surface area (Å²) in [6, 6.07) is 7.28. The van der Waals surface area contributed by atoms with Gasteiger partial charge in [0.25, 0.3) is 0 Å². The topological polar surface area (TPSA) is 49.8 Å². The van der Waals surface area contributed by atoms with Crippen LogP contribution < -0.4 is 0 Å². The zero-order valence-electron chi connectivity index (χ0n) is 11.5. The number of benzene rings is 1. The van der Waals surface area contributed by atoms with Crippen molar-refractivity contribution >= 4 is 17.6 Å². The molecule has 1 N–H and O–H groups in total. The van der Waals surface area contributed by atoms with Crippen LogP contribution in [-0.2, 0) is 9.53 Å². The second kappa shape index (κ2) is 7.48. The molecule has 0 amide bonds. The van der Waals surface area contributed by atoms with Crippen LogP contribution in [0.3, 0.4) is 0 Å². The van der Waals surface area contributed by atoms with Gasteiger partial charge >= 0.3 is 5.97 Å². The zero-order chi connectivity index (χ0) is 14.4. The molecule has 0 aliphatic heterocycles. The molecular formula is C14H20ClNO3. The number of methoxy groups -OCH3 is 1. The lowest BCUT2D eigenvalue weighted by molar-refractivity contribution is -0.142. The number of nitrogens with zero attached hydrogens (tertiary/aromatic N) is 1. The number of aliphatic hydroxyl groups excluding tert-OH is 1. The van der Waals surface area contributed by atoms with Crippen LogP contribution in [0, 0.1) is 0 Å². The number of rotatable bonds is 6. The molecule has 106 valence electrons. The summed E-state index contributed by atoms with van der Waals surface area (Å²) in [6.07, 6.45) is -0.735. The molecule has 1 unspecified atom stereocenters. The first-order valence-electron chi connectivity index (χ1n) is 6.19. The molecule has 0 radical (unpaired) electrons. The maximum atomic E-state index is 11.3. The molecule has 0 aliphatic carbocycles. The van der Waals surface area contributed by atoms with E-state index in [2.05, 4.69) is 4.74 Å². The van der Waals surface area contributed by atoms with Gasteiger partial charge in [0.1, 0.15) is 0 Å². The maximum absolute atomic E-state index is 11.3. The minimum atomic E-state index is -0.735. The number of hydrogen-bond donors (Lipinski definition) is 1. The van der Waals surface area contributed by atoms with Gasteiger partial charge in [0.15, 0.2) is 0 Å². The van der Waals surface area contributed by atoms with E-state index in [-0.39, 0.29) is 18.6 Å². The Morgan fingerprint density at radius 1 is 1.42 bits per heavy atom. The lowest BCUT2D eigenvalue weighted by Gasteiger charge is -2.27. The van der Waals surface area contributed by atoms with E-state index in [1.165, 1.54) is 7.11 Å². The van der Waals surface area contributed by atoms with Gasteiger partial charge in [-0.3, -0.25) is 9.69 Å². The third kappa shape index (κ3) is 4.82. The van der Waals surface area contributed by atoms with Gasteiger partial charge in [-0.1, -0.05) is 29.8 Å². The Kier molecular flexibility index (Phi) is 6.28. The quantitative estimate of drug-likeness (QED) is 0.815. The first-order valence-corrected chi connectivity index (χ1v) is 6.56. The molecule has 1 rings (SSSR count). The molecule has 0 fully saturated rings. The minimum absolute atomic E-state index is 0.122. The third-order valence-electron chi connectivity index (χ3n) is 2.96. The highest BCUT2D eigenvalue weighted by Crippen LogP contribution is 2.23. The van der Waals surface area contributed by atoms with Gasteiger partial charge in [-0.05, 0) is 19.9 Å². The second-order valence-corrected chi connectivity index (χ2v) is 5.04. The van der Waals surface area contributed by atoms with Crippen LogP contribution in [0.1, 0.15) is 25.5 Å². The van der Waals surface area contributed by atoms with Crippen molar-refractivity contribution in [2.45, 2.75) is 26.0 Å². The summed E-state index contributed by atoms with van der Waals surface area (Å²) in [5.41, 5.74) is 0.666. The number of carbonyl (C=O) groups excluding carboxylic acids is 1. The number of ether oxygens (including phenoxy) is 1. The van der Waals surface area contributed by atoms with E-state index in [0.717, 1.165) is 0 Å². The molecule has 0 saturated heterocycles. The standard InChI is InChI=1S/C14H20ClNO3/c1-10(2)16(9-14(18)19-3)8-13(17)11-6-4-5-7-12(11)15/h4-7,10,13,17H,8-9H2,1-3H3. The molecule has 0 bridgehead atoms. The van der Waals surface area contributed by atoms with E-state index in [1.54, 1.807) is 12.1 Å². The van der Waals surface area contributed by atoms with Crippen LogP contribution in [0.2, 0.25) is 5.02 Å². The number of aliphatic hydroxyl groups is 1. The van der Waals surface area contributed by atoms with Gasteiger partial charge in [0.05, 0.1) is 19.8 Å². The van der Waals surface area contributed by atoms with Crippen molar-refractivity contribution in [3.63, 3.8) is 0 Å². The fraction of sp³-hybridized carbons (Fsp3) is 0.500. The van der Waals surface area contributed by atoms with Gasteiger partial charge in [0, 0.05) is 23.2 Å². The Morgan fingerprint density at radius 2 is 2.05 bits per heavy atom. The normalized spacial score (nSPS) is 12.8. The SMILES string of the molecule is COC(=O)CN(CC(O)c1ccccc1Cl)C(C)C. The summed E-state index contributed by atoms with van der Waals surface area (Å²) in [4.78, 5) is 13.2. The monoisotopic (exact) mass is 285 g/mol. The Balaban J connectivity index is 2.74. The van der Waals surface area contributed by atoms with Crippen LogP contribution in [0.25, 0.3) is 0 Å². The Morgan fingerprint density at radius 3 is 2.58 bits per heavy atom. The van der Waals surface area contributed by atoms with Crippen LogP contribution in [0.4, 0.5) is 0 Å². The maximum Gasteiger partial charge on any atom is 0.319 e. The molecule has 0 aromatic heterocycles. The number of halogens is 1. The molecular weight excluding hydrogens is 266 g/mol. The van der Waals surface area contributed by atoms with E-state index in [9.17, 15) is 9.90 Å². The van der Waals surface area contributed by atoms with Gasteiger partial charge in [0.2, 0.25) is 0 Å². The van der Waals surface area contributed by atoms with Crippen LogP contribution in [-0.4, -0.2) is 42.2 Å². The highest BCUT2D eigenvalue weighted by molar-refractivity contribution is 6.31. The largest absolute Gasteiger partial charge is 0.468 e. The number of esters is 1. The first-order chi connectivity index (χ1) is 8.95. The molecule has 0 aliphatic rings. The highest BCUT2D eigenvalue weighted by Gasteiger charge is 2.20. The molecule has 1 atom stereocenters. The summed E-state index contributed by atoms with van der Waals surface area (Å²) < 4.78 is 4.65. The van der Waals surface area contributed by atoms with E-state index < -0.39 is 6.10 Å². The summed E-state index contributed by atoms with van der Waals surface area (Å²) >= 11 is 6.05. The van der Waals surface area contributed by atoms with Crippen molar-refractivity contribution < 1.29 is 14.6 Å². The molecule has 4 nitrogen and oxygen atoms in total. The fourth-order valence-electron chi connectivity index (χ4n) is 1.75. The van der Waals surface area contributed by atoms with Gasteiger partial charge in [-0.15, -0.1) is 0 Å². The van der Waals surface area contributed by atoms with E-state index in [4.69, 9.17) is 11.6 Å². The van der Waals surface area contributed by atoms with Gasteiger partial charge in [-0.25, -0.2) is 0 Å². The summed E-state index contributed by atoms with van der Waals surface area (Å²) in [6.45, 7) is 4.40. The molecule has 0 heterocycles. The Labute approximate surface area is 118 Å². The molecule has 1 aromatic rings. The smallest absolute Gasteiger partial charge is 0.319 e. The number of hydrogen-bond acceptors (Lipinski definition) is 4. The fourth-order valence-corrected chi connectivity index (χ4v) is 2.02. The van der Waals surface area contributed by atoms with E-state index >= 15 is 0 Å². The van der Waals surface area contributed by atoms with Crippen molar-refractivity contribution in [2.75, 3.05) is 20.2 Å². The van der Waals surface area contributed by atoms with E-state index in [1.807, 2.05) is 30.9 Å². The van der Waals surface area contributed by atoms with E-state index in [0.29, 0.717) is 17.1 Å². The van der Waals surface area contributed by atoms with Crippen molar-refractivity contribution in [2.24, 2.45) is 0 Å². The predicted octanol–water partition coefficient (Wildman–Crippen LogP) is 2.26. The van der Waals surface area contributed by atoms with Gasteiger partial charge < -0.3 is 9.84 Å². The zero-order valence-corrected chi connectivity index (χ0v) is 12.2.